The summed E-state index contributed by atoms with van der Waals surface area (Å²) in [6.07, 6.45) is 14.6. The number of hydrogen-bond donors (Lipinski definition) is 0. The third kappa shape index (κ3) is 12.8. The molecule has 2 aromatic carbocycles. The number of ketones is 1. The first-order valence-electron chi connectivity index (χ1n) is 25.6. The zero-order valence-electron chi connectivity index (χ0n) is 42.0. The molecular weight excluding hydrogens is 855 g/mol. The van der Waals surface area contributed by atoms with Crippen LogP contribution in [-0.4, -0.2) is 44.4 Å². The van der Waals surface area contributed by atoms with Crippen molar-refractivity contribution in [3.8, 4) is 23.0 Å². The van der Waals surface area contributed by atoms with Crippen molar-refractivity contribution >= 4 is 23.0 Å². The highest BCUT2D eigenvalue weighted by Crippen LogP contribution is 2.56. The van der Waals surface area contributed by atoms with Crippen LogP contribution in [0.5, 0.6) is 23.0 Å². The summed E-state index contributed by atoms with van der Waals surface area (Å²) in [6, 6.07) is 10.8. The molecule has 11 heteroatoms. The third-order valence-corrected chi connectivity index (χ3v) is 18.8. The van der Waals surface area contributed by atoms with Crippen LogP contribution in [0.2, 0.25) is 0 Å². The van der Waals surface area contributed by atoms with Crippen molar-refractivity contribution in [2.75, 3.05) is 14.2 Å². The van der Waals surface area contributed by atoms with E-state index in [4.69, 9.17) is 36.6 Å². The molecule has 1 heterocycles. The maximum Gasteiger partial charge on any atom is 0.397 e. The van der Waals surface area contributed by atoms with E-state index < -0.39 is 17.2 Å². The average Bonchev–Trinajstić information content (AvgIpc) is 3.25. The number of fused-ring (bicyclic) bond motifs is 4. The zero-order chi connectivity index (χ0) is 46.5. The number of hydrogen-bond acceptors (Lipinski definition) is 9. The van der Waals surface area contributed by atoms with Crippen LogP contribution in [0.1, 0.15) is 169 Å². The Hall–Kier alpha value is -1.99. The number of carbonyl (C=O) groups excluding carboxylic acids is 1. The van der Waals surface area contributed by atoms with Gasteiger partial charge in [0.25, 0.3) is 0 Å². The van der Waals surface area contributed by atoms with Gasteiger partial charge in [0.2, 0.25) is 5.78 Å². The van der Waals surface area contributed by atoms with Crippen molar-refractivity contribution in [1.82, 2.24) is 0 Å². The molecule has 1 aliphatic heterocycles. The van der Waals surface area contributed by atoms with E-state index in [2.05, 4.69) is 69.2 Å². The molecule has 14 atom stereocenters. The number of carbonyl (C=O) groups is 1. The molecule has 9 nitrogen and oxygen atoms in total. The monoisotopic (exact) mass is 939 g/mol. The molecule has 0 aromatic heterocycles. The highest BCUT2D eigenvalue weighted by atomic mass is 31.2. The number of ether oxygens (including phenoxy) is 2. The average molecular weight is 939 g/mol. The summed E-state index contributed by atoms with van der Waals surface area (Å²) in [6.45, 7) is 23.1. The molecule has 4 saturated carbocycles. The van der Waals surface area contributed by atoms with Crippen molar-refractivity contribution in [3.05, 3.63) is 47.5 Å². The largest absolute Gasteiger partial charge is 0.497 e. The topological polar surface area (TPSA) is 90.9 Å². The molecule has 65 heavy (non-hydrogen) atoms. The number of benzene rings is 2. The van der Waals surface area contributed by atoms with Gasteiger partial charge in [0.15, 0.2) is 0 Å². The summed E-state index contributed by atoms with van der Waals surface area (Å²) < 4.78 is 54.1. The first kappa shape index (κ1) is 50.9. The predicted octanol–water partition coefficient (Wildman–Crippen LogP) is 15.4. The van der Waals surface area contributed by atoms with Crippen molar-refractivity contribution < 1.29 is 41.4 Å². The van der Waals surface area contributed by atoms with Crippen molar-refractivity contribution in [1.29, 1.82) is 0 Å². The molecule has 4 unspecified atom stereocenters. The third-order valence-electron chi connectivity index (χ3n) is 16.3. The number of methoxy groups -OCH3 is 2. The lowest BCUT2D eigenvalue weighted by molar-refractivity contribution is -0.0272. The van der Waals surface area contributed by atoms with Gasteiger partial charge in [-0.25, -0.2) is 0 Å². The Morgan fingerprint density at radius 3 is 1.45 bits per heavy atom. The zero-order valence-corrected chi connectivity index (χ0v) is 43.8. The first-order chi connectivity index (χ1) is 31.1. The molecule has 0 N–H and O–H groups in total. The highest BCUT2D eigenvalue weighted by molar-refractivity contribution is 7.42. The first-order valence-corrected chi connectivity index (χ1v) is 27.8. The lowest BCUT2D eigenvalue weighted by Gasteiger charge is -2.45. The van der Waals surface area contributed by atoms with E-state index in [1.54, 1.807) is 32.4 Å². The summed E-state index contributed by atoms with van der Waals surface area (Å²) in [5.74, 6) is 7.49. The van der Waals surface area contributed by atoms with Gasteiger partial charge in [0.1, 0.15) is 23.0 Å². The molecule has 5 aliphatic rings. The van der Waals surface area contributed by atoms with E-state index in [0.717, 1.165) is 51.4 Å². The van der Waals surface area contributed by atoms with Gasteiger partial charge in [-0.05, 0) is 166 Å². The smallest absolute Gasteiger partial charge is 0.397 e. The molecule has 4 bridgehead atoms. The van der Waals surface area contributed by atoms with Crippen LogP contribution in [0.25, 0.3) is 0 Å². The lowest BCUT2D eigenvalue weighted by atomic mass is 9.68. The van der Waals surface area contributed by atoms with Gasteiger partial charge in [-0.15, -0.1) is 0 Å². The summed E-state index contributed by atoms with van der Waals surface area (Å²) in [4.78, 5) is 15.3. The fourth-order valence-corrected chi connectivity index (χ4v) is 15.0. The molecule has 364 valence electrons. The van der Waals surface area contributed by atoms with Gasteiger partial charge in [-0.1, -0.05) is 82.1 Å². The summed E-state index contributed by atoms with van der Waals surface area (Å²) >= 11 is 0. The van der Waals surface area contributed by atoms with Gasteiger partial charge in [-0.2, -0.15) is 0 Å². The summed E-state index contributed by atoms with van der Waals surface area (Å²) in [5, 5.41) is 0. The molecule has 0 amide bonds. The fraction of sp³-hybridized carbons (Fsp3) is 0.759. The Bertz CT molecular complexity index is 1770. The minimum atomic E-state index is -1.92. The Kier molecular flexibility index (Phi) is 18.1. The quantitative estimate of drug-likeness (QED) is 0.121. The van der Waals surface area contributed by atoms with E-state index in [0.29, 0.717) is 105 Å². The van der Waals surface area contributed by atoms with Crippen molar-refractivity contribution in [2.24, 2.45) is 71.0 Å². The van der Waals surface area contributed by atoms with Gasteiger partial charge >= 0.3 is 17.2 Å². The minimum absolute atomic E-state index is 0.0150. The molecule has 2 aromatic rings. The van der Waals surface area contributed by atoms with E-state index in [-0.39, 0.29) is 30.2 Å². The van der Waals surface area contributed by atoms with Crippen LogP contribution in [0.3, 0.4) is 0 Å². The van der Waals surface area contributed by atoms with E-state index in [9.17, 15) is 0 Å². The van der Waals surface area contributed by atoms with Gasteiger partial charge < -0.3 is 18.5 Å². The molecule has 0 radical (unpaired) electrons. The standard InChI is InChI=1S/C54H84O9P2/c1-32(2)42-19-13-36(9)25-48(42)58-64(59-49-26-37(10)14-20-43(49)33(3)4)62-52-30-40(56-11)17-23-46(52)54(55)47-24-18-41(57-12)31-53(47)63-65-60-50-28-38(15-21-44(50)34(5)6)27-39-16-22-45(35(7)8)51(29-39)61-65/h17-18,23-24,30-39,42-45,48-51H,13-16,19-22,25-29H2,1-12H3/t36-,37-,38+,39+,42+,43?,44+,45?,48-,49-,50-,51-,64?,65?/m1/s1. The van der Waals surface area contributed by atoms with Crippen LogP contribution >= 0.6 is 17.2 Å². The SMILES string of the molecule is COc1ccc(C(=O)c2ccc(OC)cc2OP2O[C@@H]3C[C@@H](CCC3C(C)C)C[C@@H]3CC[C@@H](C(C)C)[C@@H](C3)O2)c(OP(O[C@@H]2C[C@H](C)CCC2C(C)C)O[C@@H]2C[C@H](C)CC[C@H]2C(C)C)c1. The normalized spacial score (nSPS) is 33.8. The molecule has 5 fully saturated rings. The molecule has 1 saturated heterocycles. The molecule has 7 rings (SSSR count). The van der Waals surface area contributed by atoms with Crippen LogP contribution in [0, 0.1) is 71.0 Å². The maximum absolute atomic E-state index is 15.3. The van der Waals surface area contributed by atoms with Crippen LogP contribution in [0.15, 0.2) is 36.4 Å². The van der Waals surface area contributed by atoms with Crippen LogP contribution < -0.4 is 18.5 Å². The summed E-state index contributed by atoms with van der Waals surface area (Å²) in [5.41, 5.74) is 0.755. The Labute approximate surface area is 395 Å². The van der Waals surface area contributed by atoms with Crippen molar-refractivity contribution in [2.45, 2.75) is 177 Å². The van der Waals surface area contributed by atoms with Gasteiger partial charge in [0.05, 0.1) is 49.8 Å². The highest BCUT2D eigenvalue weighted by Gasteiger charge is 2.44. The van der Waals surface area contributed by atoms with Gasteiger partial charge in [0, 0.05) is 12.1 Å². The molecular formula is C54H84O9P2. The van der Waals surface area contributed by atoms with Crippen LogP contribution in [-0.2, 0) is 18.1 Å². The Morgan fingerprint density at radius 1 is 0.569 bits per heavy atom. The minimum Gasteiger partial charge on any atom is -0.497 e. The maximum atomic E-state index is 15.3. The van der Waals surface area contributed by atoms with Crippen molar-refractivity contribution in [3.63, 3.8) is 0 Å². The van der Waals surface area contributed by atoms with E-state index >= 15 is 4.79 Å². The number of rotatable bonds is 16. The molecule has 0 spiro atoms. The van der Waals surface area contributed by atoms with Gasteiger partial charge in [-0.3, -0.25) is 22.9 Å². The second-order valence-corrected chi connectivity index (χ2v) is 24.4. The second-order valence-electron chi connectivity index (χ2n) is 22.3. The molecule has 4 aliphatic carbocycles. The van der Waals surface area contributed by atoms with E-state index in [1.165, 1.54) is 32.1 Å². The Balaban J connectivity index is 1.24. The second kappa shape index (κ2) is 23.1. The van der Waals surface area contributed by atoms with Crippen LogP contribution in [0.4, 0.5) is 0 Å². The summed E-state index contributed by atoms with van der Waals surface area (Å²) in [7, 11) is -0.527. The Morgan fingerprint density at radius 2 is 1.00 bits per heavy atom. The lowest BCUT2D eigenvalue weighted by Crippen LogP contribution is -2.40. The van der Waals surface area contributed by atoms with E-state index in [1.807, 2.05) is 18.2 Å². The predicted molar refractivity (Wildman–Crippen MR) is 263 cm³/mol. The fourth-order valence-electron chi connectivity index (χ4n) is 12.3.